The van der Waals surface area contributed by atoms with E-state index in [-0.39, 0.29) is 17.9 Å². The van der Waals surface area contributed by atoms with E-state index < -0.39 is 0 Å². The van der Waals surface area contributed by atoms with Crippen LogP contribution in [0.1, 0.15) is 18.9 Å². The van der Waals surface area contributed by atoms with E-state index in [4.69, 9.17) is 21.1 Å². The van der Waals surface area contributed by atoms with Crippen LogP contribution in [0.4, 0.5) is 0 Å². The molecule has 2 unspecified atom stereocenters. The van der Waals surface area contributed by atoms with Crippen molar-refractivity contribution in [3.8, 4) is 11.6 Å². The number of ether oxygens (including phenoxy) is 2. The maximum Gasteiger partial charge on any atom is 0.241 e. The zero-order chi connectivity index (χ0) is 19.7. The monoisotopic (exact) mass is 400 g/mol. The minimum atomic E-state index is -0.186. The summed E-state index contributed by atoms with van der Waals surface area (Å²) in [6.45, 7) is 3.18. The Hall–Kier alpha value is -2.80. The molecule has 1 fully saturated rings. The van der Waals surface area contributed by atoms with Crippen molar-refractivity contribution in [2.75, 3.05) is 13.7 Å². The number of amides is 1. The third-order valence-corrected chi connectivity index (χ3v) is 5.25. The Balaban J connectivity index is 1.43. The Morgan fingerprint density at radius 2 is 2.07 bits per heavy atom. The molecule has 8 heteroatoms. The fourth-order valence-electron chi connectivity index (χ4n) is 3.45. The summed E-state index contributed by atoms with van der Waals surface area (Å²) in [5.41, 5.74) is 1.82. The van der Waals surface area contributed by atoms with Crippen molar-refractivity contribution in [1.82, 2.24) is 19.5 Å². The molecule has 1 aliphatic heterocycles. The molecule has 1 aliphatic rings. The molecule has 146 valence electrons. The first-order valence-electron chi connectivity index (χ1n) is 9.10. The lowest BCUT2D eigenvalue weighted by molar-refractivity contribution is -0.128. The molecular weight excluding hydrogens is 380 g/mol. The number of rotatable bonds is 6. The average molecular weight is 401 g/mol. The Morgan fingerprint density at radius 1 is 1.29 bits per heavy atom. The molecule has 4 rings (SSSR count). The number of fused-ring (bicyclic) bond motifs is 1. The van der Waals surface area contributed by atoms with Gasteiger partial charge in [0.2, 0.25) is 11.8 Å². The standard InChI is InChI=1S/C20H21ClN4O3/c1-13(28-20-17-7-8-22-25(17)12-18(21)23-20)15-9-19(26)24(11-15)10-14-3-5-16(27-2)6-4-14/h3-8,12-13,15H,9-11H2,1-2H3. The zero-order valence-electron chi connectivity index (χ0n) is 15.7. The second kappa shape index (κ2) is 7.67. The Bertz CT molecular complexity index is 989. The van der Waals surface area contributed by atoms with Crippen molar-refractivity contribution >= 4 is 23.0 Å². The fourth-order valence-corrected chi connectivity index (χ4v) is 3.62. The Labute approximate surface area is 167 Å². The van der Waals surface area contributed by atoms with Gasteiger partial charge in [0.15, 0.2) is 5.15 Å². The van der Waals surface area contributed by atoms with Gasteiger partial charge in [-0.25, -0.2) is 4.52 Å². The predicted octanol–water partition coefficient (Wildman–Crippen LogP) is 3.21. The van der Waals surface area contributed by atoms with E-state index in [1.165, 1.54) is 0 Å². The SMILES string of the molecule is COc1ccc(CN2CC(C(C)Oc3nc(Cl)cn4nccc34)CC2=O)cc1. The van der Waals surface area contributed by atoms with Gasteiger partial charge < -0.3 is 14.4 Å². The van der Waals surface area contributed by atoms with Crippen LogP contribution >= 0.6 is 11.6 Å². The van der Waals surface area contributed by atoms with E-state index >= 15 is 0 Å². The molecule has 1 saturated heterocycles. The molecule has 2 atom stereocenters. The topological polar surface area (TPSA) is 69.0 Å². The molecule has 1 amide bonds. The number of hydrogen-bond donors (Lipinski definition) is 0. The van der Waals surface area contributed by atoms with Gasteiger partial charge in [-0.2, -0.15) is 10.1 Å². The van der Waals surface area contributed by atoms with Crippen molar-refractivity contribution in [1.29, 1.82) is 0 Å². The van der Waals surface area contributed by atoms with E-state index in [1.807, 2.05) is 42.2 Å². The van der Waals surface area contributed by atoms with Crippen LogP contribution in [0.5, 0.6) is 11.6 Å². The highest BCUT2D eigenvalue weighted by atomic mass is 35.5. The smallest absolute Gasteiger partial charge is 0.241 e. The van der Waals surface area contributed by atoms with Crippen LogP contribution in [0.15, 0.2) is 42.7 Å². The van der Waals surface area contributed by atoms with Crippen molar-refractivity contribution in [3.63, 3.8) is 0 Å². The second-order valence-corrected chi connectivity index (χ2v) is 7.33. The molecule has 0 radical (unpaired) electrons. The van der Waals surface area contributed by atoms with Gasteiger partial charge in [-0.15, -0.1) is 0 Å². The van der Waals surface area contributed by atoms with E-state index in [9.17, 15) is 4.79 Å². The summed E-state index contributed by atoms with van der Waals surface area (Å²) >= 11 is 6.06. The largest absolute Gasteiger partial charge is 0.497 e. The van der Waals surface area contributed by atoms with Crippen LogP contribution in [-0.4, -0.2) is 45.2 Å². The summed E-state index contributed by atoms with van der Waals surface area (Å²) < 4.78 is 12.9. The third-order valence-electron chi connectivity index (χ3n) is 5.06. The summed E-state index contributed by atoms with van der Waals surface area (Å²) in [5.74, 6) is 1.44. The number of benzene rings is 1. The molecule has 0 N–H and O–H groups in total. The molecule has 0 bridgehead atoms. The van der Waals surface area contributed by atoms with E-state index in [0.29, 0.717) is 30.5 Å². The van der Waals surface area contributed by atoms with Gasteiger partial charge in [-0.05, 0) is 30.7 Å². The van der Waals surface area contributed by atoms with Gasteiger partial charge in [-0.1, -0.05) is 23.7 Å². The first-order chi connectivity index (χ1) is 13.5. The van der Waals surface area contributed by atoms with Crippen LogP contribution in [-0.2, 0) is 11.3 Å². The summed E-state index contributed by atoms with van der Waals surface area (Å²) in [5, 5.41) is 4.48. The summed E-state index contributed by atoms with van der Waals surface area (Å²) in [4.78, 5) is 18.6. The number of methoxy groups -OCH3 is 1. The predicted molar refractivity (Wildman–Crippen MR) is 105 cm³/mol. The zero-order valence-corrected chi connectivity index (χ0v) is 16.5. The lowest BCUT2D eigenvalue weighted by Gasteiger charge is -2.21. The number of likely N-dealkylation sites (tertiary alicyclic amines) is 1. The average Bonchev–Trinajstić information content (AvgIpc) is 3.29. The van der Waals surface area contributed by atoms with Gasteiger partial charge in [0.1, 0.15) is 17.4 Å². The van der Waals surface area contributed by atoms with Gasteiger partial charge in [0.05, 0.1) is 19.5 Å². The van der Waals surface area contributed by atoms with Gasteiger partial charge in [-0.3, -0.25) is 4.79 Å². The lowest BCUT2D eigenvalue weighted by Crippen LogP contribution is -2.28. The first-order valence-corrected chi connectivity index (χ1v) is 9.48. The highest BCUT2D eigenvalue weighted by Gasteiger charge is 2.34. The maximum absolute atomic E-state index is 12.5. The van der Waals surface area contributed by atoms with Crippen molar-refractivity contribution in [3.05, 3.63) is 53.4 Å². The fraction of sp³-hybridized carbons (Fsp3) is 0.350. The maximum atomic E-state index is 12.5. The van der Waals surface area contributed by atoms with Crippen LogP contribution < -0.4 is 9.47 Å². The van der Waals surface area contributed by atoms with Crippen molar-refractivity contribution < 1.29 is 14.3 Å². The van der Waals surface area contributed by atoms with Crippen molar-refractivity contribution in [2.45, 2.75) is 26.0 Å². The van der Waals surface area contributed by atoms with E-state index in [0.717, 1.165) is 16.8 Å². The normalized spacial score (nSPS) is 17.9. The Morgan fingerprint density at radius 3 is 2.82 bits per heavy atom. The minimum Gasteiger partial charge on any atom is -0.497 e. The Kier molecular flexibility index (Phi) is 5.09. The molecule has 28 heavy (non-hydrogen) atoms. The highest BCUT2D eigenvalue weighted by Crippen LogP contribution is 2.28. The number of nitrogens with zero attached hydrogens (tertiary/aromatic N) is 4. The van der Waals surface area contributed by atoms with Gasteiger partial charge in [0, 0.05) is 25.4 Å². The lowest BCUT2D eigenvalue weighted by atomic mass is 10.0. The molecule has 1 aromatic carbocycles. The molecule has 0 spiro atoms. The van der Waals surface area contributed by atoms with Crippen LogP contribution in [0.3, 0.4) is 0 Å². The first kappa shape index (κ1) is 18.6. The quantitative estimate of drug-likeness (QED) is 0.635. The van der Waals surface area contributed by atoms with E-state index in [1.54, 1.807) is 24.0 Å². The van der Waals surface area contributed by atoms with E-state index in [2.05, 4.69) is 10.1 Å². The molecule has 2 aromatic heterocycles. The number of aromatic nitrogens is 3. The van der Waals surface area contributed by atoms with Crippen molar-refractivity contribution in [2.24, 2.45) is 5.92 Å². The van der Waals surface area contributed by atoms with Gasteiger partial charge >= 0.3 is 0 Å². The summed E-state index contributed by atoms with van der Waals surface area (Å²) in [7, 11) is 1.64. The minimum absolute atomic E-state index is 0.0782. The number of carbonyl (C=O) groups excluding carboxylic acids is 1. The number of halogens is 1. The number of carbonyl (C=O) groups is 1. The molecule has 0 aliphatic carbocycles. The molecule has 7 nitrogen and oxygen atoms in total. The third kappa shape index (κ3) is 3.75. The molecule has 0 saturated carbocycles. The highest BCUT2D eigenvalue weighted by molar-refractivity contribution is 6.29. The second-order valence-electron chi connectivity index (χ2n) is 6.94. The van der Waals surface area contributed by atoms with Crippen LogP contribution in [0.25, 0.3) is 5.52 Å². The number of hydrogen-bond acceptors (Lipinski definition) is 5. The summed E-state index contributed by atoms with van der Waals surface area (Å²) in [6.07, 6.45) is 3.56. The van der Waals surface area contributed by atoms with Crippen LogP contribution in [0.2, 0.25) is 5.15 Å². The molecule has 3 aromatic rings. The van der Waals surface area contributed by atoms with Crippen LogP contribution in [0, 0.1) is 5.92 Å². The van der Waals surface area contributed by atoms with Gasteiger partial charge in [0.25, 0.3) is 0 Å². The molecule has 3 heterocycles. The molecular formula is C20H21ClN4O3. The summed E-state index contributed by atoms with van der Waals surface area (Å²) in [6, 6.07) is 9.58.